The molecule has 1 atom stereocenters. The van der Waals surface area contributed by atoms with Gasteiger partial charge in [-0.1, -0.05) is 23.7 Å². The molecule has 1 amide bonds. The molecular weight excluding hydrogens is 337 g/mol. The third-order valence-corrected chi connectivity index (χ3v) is 7.81. The first-order valence-electron chi connectivity index (χ1n) is 9.64. The predicted molar refractivity (Wildman–Crippen MR) is 95.6 cm³/mol. The minimum Gasteiger partial charge on any atom is -0.330 e. The average Bonchev–Trinajstić information content (AvgIpc) is 2.56. The van der Waals surface area contributed by atoms with Gasteiger partial charge in [0, 0.05) is 11.6 Å². The van der Waals surface area contributed by atoms with Gasteiger partial charge >= 0.3 is 0 Å². The van der Waals surface area contributed by atoms with Crippen LogP contribution in [0.25, 0.3) is 0 Å². The van der Waals surface area contributed by atoms with Gasteiger partial charge in [-0.25, -0.2) is 4.39 Å². The van der Waals surface area contributed by atoms with Crippen LogP contribution in [0, 0.1) is 34.9 Å². The summed E-state index contributed by atoms with van der Waals surface area (Å²) in [6.45, 7) is 3.90. The van der Waals surface area contributed by atoms with Crippen molar-refractivity contribution in [1.29, 1.82) is 0 Å². The number of hydrogen-bond acceptors (Lipinski definition) is 1. The van der Waals surface area contributed by atoms with Gasteiger partial charge in [-0.05, 0) is 75.7 Å². The molecule has 1 saturated heterocycles. The van der Waals surface area contributed by atoms with E-state index in [1.54, 1.807) is 12.1 Å². The van der Waals surface area contributed by atoms with Crippen molar-refractivity contribution in [3.05, 3.63) is 34.6 Å². The lowest BCUT2D eigenvalue weighted by Gasteiger charge is -2.64. The molecule has 0 aromatic heterocycles. The molecule has 4 aliphatic carbocycles. The van der Waals surface area contributed by atoms with Crippen LogP contribution in [0.1, 0.15) is 57.6 Å². The lowest BCUT2D eigenvalue weighted by Crippen LogP contribution is -2.69. The van der Waals surface area contributed by atoms with Gasteiger partial charge in [-0.2, -0.15) is 0 Å². The molecule has 6 rings (SSSR count). The van der Waals surface area contributed by atoms with Crippen LogP contribution in [0.4, 0.5) is 4.39 Å². The Morgan fingerprint density at radius 1 is 1.08 bits per heavy atom. The highest BCUT2D eigenvalue weighted by Gasteiger charge is 2.62. The van der Waals surface area contributed by atoms with E-state index in [9.17, 15) is 9.18 Å². The first kappa shape index (κ1) is 16.1. The van der Waals surface area contributed by atoms with E-state index in [2.05, 4.69) is 4.90 Å². The molecule has 1 heterocycles. The fraction of sp³-hybridized carbons (Fsp3) is 0.667. The maximum atomic E-state index is 14.8. The van der Waals surface area contributed by atoms with Gasteiger partial charge in [0.2, 0.25) is 5.91 Å². The van der Waals surface area contributed by atoms with Gasteiger partial charge in [0.15, 0.2) is 0 Å². The maximum absolute atomic E-state index is 14.8. The lowest BCUT2D eigenvalue weighted by atomic mass is 9.52. The van der Waals surface area contributed by atoms with E-state index in [0.717, 1.165) is 11.8 Å². The summed E-state index contributed by atoms with van der Waals surface area (Å²) in [5.74, 6) is 2.79. The Morgan fingerprint density at radius 3 is 2.28 bits per heavy atom. The Kier molecular flexibility index (Phi) is 3.36. The zero-order chi connectivity index (χ0) is 17.5. The number of carbonyl (C=O) groups is 1. The van der Waals surface area contributed by atoms with Crippen molar-refractivity contribution in [3.63, 3.8) is 0 Å². The molecule has 0 N–H and O–H groups in total. The van der Waals surface area contributed by atoms with Crippen molar-refractivity contribution in [2.75, 3.05) is 0 Å². The molecule has 4 heteroatoms. The molecule has 0 spiro atoms. The van der Waals surface area contributed by atoms with Gasteiger partial charge in [0.05, 0.1) is 16.5 Å². The minimum absolute atomic E-state index is 0.151. The molecule has 4 saturated carbocycles. The maximum Gasteiger partial charge on any atom is 0.231 e. The summed E-state index contributed by atoms with van der Waals surface area (Å²) >= 11 is 6.04. The van der Waals surface area contributed by atoms with Crippen LogP contribution in [0.5, 0.6) is 0 Å². The standard InChI is InChI=1S/C21H25ClFNO/c1-21(2)19(15-4-3-5-16(22)17(15)23)24(20(21)25)18-13-7-11-6-12(9-13)10-14(18)8-11/h3-5,11-14,18-19H,6-10H2,1-2H3/t11?,12?,13?,14?,18?,19-/m0/s1. The van der Waals surface area contributed by atoms with Gasteiger partial charge in [0.1, 0.15) is 5.82 Å². The van der Waals surface area contributed by atoms with Crippen LogP contribution < -0.4 is 0 Å². The van der Waals surface area contributed by atoms with Crippen LogP contribution >= 0.6 is 11.6 Å². The molecule has 5 aliphatic rings. The van der Waals surface area contributed by atoms with Crippen molar-refractivity contribution in [2.24, 2.45) is 29.1 Å². The van der Waals surface area contributed by atoms with Gasteiger partial charge in [0.25, 0.3) is 0 Å². The minimum atomic E-state index is -0.555. The van der Waals surface area contributed by atoms with Gasteiger partial charge < -0.3 is 4.90 Å². The third kappa shape index (κ3) is 2.11. The second-order valence-electron chi connectivity index (χ2n) is 9.40. The van der Waals surface area contributed by atoms with Crippen molar-refractivity contribution in [3.8, 4) is 0 Å². The highest BCUT2D eigenvalue weighted by atomic mass is 35.5. The summed E-state index contributed by atoms with van der Waals surface area (Å²) in [5.41, 5.74) is 0.0334. The number of carbonyl (C=O) groups excluding carboxylic acids is 1. The fourth-order valence-corrected chi connectivity index (χ4v) is 6.96. The summed E-state index contributed by atoms with van der Waals surface area (Å²) in [4.78, 5) is 15.1. The van der Waals surface area contributed by atoms with Crippen LogP contribution in [0.2, 0.25) is 5.02 Å². The number of hydrogen-bond donors (Lipinski definition) is 0. The molecule has 0 unspecified atom stereocenters. The Hall–Kier alpha value is -1.09. The summed E-state index contributed by atoms with van der Waals surface area (Å²) in [6, 6.07) is 5.30. The van der Waals surface area contributed by atoms with Crippen molar-refractivity contribution < 1.29 is 9.18 Å². The van der Waals surface area contributed by atoms with E-state index in [4.69, 9.17) is 11.6 Å². The van der Waals surface area contributed by atoms with Gasteiger partial charge in [-0.3, -0.25) is 4.79 Å². The molecular formula is C21H25ClFNO. The van der Waals surface area contributed by atoms with E-state index in [0.29, 0.717) is 23.4 Å². The number of nitrogens with zero attached hydrogens (tertiary/aromatic N) is 1. The van der Waals surface area contributed by atoms with Crippen molar-refractivity contribution in [2.45, 2.75) is 58.0 Å². The van der Waals surface area contributed by atoms with E-state index in [-0.39, 0.29) is 22.8 Å². The molecule has 0 radical (unpaired) electrons. The SMILES string of the molecule is CC1(C)C(=O)N(C2C3CC4CC(C3)CC2C4)[C@H]1c1cccc(Cl)c1F. The number of rotatable bonds is 2. The van der Waals surface area contributed by atoms with Crippen LogP contribution in [-0.2, 0) is 4.79 Å². The topological polar surface area (TPSA) is 20.3 Å². The lowest BCUT2D eigenvalue weighted by molar-refractivity contribution is -0.192. The zero-order valence-corrected chi connectivity index (χ0v) is 15.6. The summed E-state index contributed by atoms with van der Waals surface area (Å²) < 4.78 is 14.8. The molecule has 5 fully saturated rings. The highest BCUT2D eigenvalue weighted by molar-refractivity contribution is 6.30. The molecule has 25 heavy (non-hydrogen) atoms. The zero-order valence-electron chi connectivity index (χ0n) is 14.8. The smallest absolute Gasteiger partial charge is 0.231 e. The van der Waals surface area contributed by atoms with E-state index < -0.39 is 5.41 Å². The molecule has 4 bridgehead atoms. The summed E-state index contributed by atoms with van der Waals surface area (Å²) in [7, 11) is 0. The first-order chi connectivity index (χ1) is 11.9. The van der Waals surface area contributed by atoms with E-state index >= 15 is 0 Å². The number of halogens is 2. The van der Waals surface area contributed by atoms with E-state index in [1.165, 1.54) is 32.1 Å². The van der Waals surface area contributed by atoms with E-state index in [1.807, 2.05) is 19.9 Å². The summed E-state index contributed by atoms with van der Waals surface area (Å²) in [5, 5.41) is 0.151. The molecule has 2 nitrogen and oxygen atoms in total. The largest absolute Gasteiger partial charge is 0.330 e. The highest BCUT2D eigenvalue weighted by Crippen LogP contribution is 2.61. The second-order valence-corrected chi connectivity index (χ2v) is 9.81. The number of β-lactam (4-membered cyclic amide) rings is 1. The number of likely N-dealkylation sites (tertiary alicyclic amines) is 1. The molecule has 1 aliphatic heterocycles. The van der Waals surface area contributed by atoms with Crippen LogP contribution in [-0.4, -0.2) is 16.8 Å². The number of benzene rings is 1. The molecule has 1 aromatic rings. The van der Waals surface area contributed by atoms with Gasteiger partial charge in [-0.15, -0.1) is 0 Å². The number of amides is 1. The fourth-order valence-electron chi connectivity index (χ4n) is 6.78. The summed E-state index contributed by atoms with van der Waals surface area (Å²) in [6.07, 6.45) is 6.42. The Morgan fingerprint density at radius 2 is 1.68 bits per heavy atom. The quantitative estimate of drug-likeness (QED) is 0.662. The van der Waals surface area contributed by atoms with Crippen molar-refractivity contribution in [1.82, 2.24) is 4.90 Å². The Balaban J connectivity index is 1.54. The normalized spacial score (nSPS) is 41.1. The molecule has 134 valence electrons. The second kappa shape index (κ2) is 5.22. The average molecular weight is 362 g/mol. The van der Waals surface area contributed by atoms with Crippen LogP contribution in [0.3, 0.4) is 0 Å². The molecule has 1 aromatic carbocycles. The van der Waals surface area contributed by atoms with Crippen LogP contribution in [0.15, 0.2) is 18.2 Å². The third-order valence-electron chi connectivity index (χ3n) is 7.52. The first-order valence-corrected chi connectivity index (χ1v) is 10.0. The predicted octanol–water partition coefficient (Wildman–Crippen LogP) is 5.21. The Labute approximate surface area is 153 Å². The Bertz CT molecular complexity index is 717. The van der Waals surface area contributed by atoms with Crippen molar-refractivity contribution >= 4 is 17.5 Å². The monoisotopic (exact) mass is 361 g/mol.